The molecule has 10 heteroatoms. The van der Waals surface area contributed by atoms with E-state index in [1.165, 1.54) is 6.07 Å². The zero-order valence-corrected chi connectivity index (χ0v) is 23.2. The molecule has 214 valence electrons. The molecule has 0 radical (unpaired) electrons. The number of aromatic nitrogens is 3. The van der Waals surface area contributed by atoms with Crippen LogP contribution in [-0.4, -0.2) is 83.3 Å². The minimum absolute atomic E-state index is 0.0175. The van der Waals surface area contributed by atoms with Gasteiger partial charge in [-0.3, -0.25) is 9.88 Å². The van der Waals surface area contributed by atoms with Gasteiger partial charge in [-0.25, -0.2) is 4.39 Å². The number of hydrogen-bond donors (Lipinski definition) is 1. The molecule has 0 saturated carbocycles. The van der Waals surface area contributed by atoms with Crippen molar-refractivity contribution in [2.24, 2.45) is 0 Å². The van der Waals surface area contributed by atoms with Gasteiger partial charge in [-0.2, -0.15) is 9.97 Å². The molecule has 0 atom stereocenters. The summed E-state index contributed by atoms with van der Waals surface area (Å²) in [4.78, 5) is 29.5. The second kappa shape index (κ2) is 11.5. The third-order valence-corrected chi connectivity index (χ3v) is 8.41. The number of aldehydes is 1. The molecule has 0 bridgehead atoms. The Morgan fingerprint density at radius 3 is 2.71 bits per heavy atom. The fraction of sp³-hybridized carbons (Fsp3) is 0.419. The largest absolute Gasteiger partial charge is 0.508 e. The summed E-state index contributed by atoms with van der Waals surface area (Å²) in [5, 5.41) is 12.3. The van der Waals surface area contributed by atoms with Crippen LogP contribution in [0.4, 0.5) is 10.2 Å². The summed E-state index contributed by atoms with van der Waals surface area (Å²) in [5.41, 5.74) is 0.580. The lowest BCUT2D eigenvalue weighted by Gasteiger charge is -2.31. The van der Waals surface area contributed by atoms with Crippen molar-refractivity contribution >= 4 is 33.8 Å². The lowest BCUT2D eigenvalue weighted by atomic mass is 9.95. The Kier molecular flexibility index (Phi) is 7.68. The topological polar surface area (TPSA) is 101 Å². The zero-order chi connectivity index (χ0) is 28.4. The number of pyridine rings is 1. The standard InChI is InChI=1S/C31H34FN5O4/c1-40-16-14-36(11-6-15-38)29-25-19-33-27(24-18-22(39)17-21-7-2-3-8-23(21)24)26(32)28(25)34-30(35-29)41-20-31-9-4-12-37(31)13-5-10-31/h2-3,7-8,15,17-19,39H,4-6,9-14,16,20H2,1H3. The van der Waals surface area contributed by atoms with Crippen LogP contribution in [0.1, 0.15) is 32.1 Å². The number of anilines is 1. The van der Waals surface area contributed by atoms with Crippen LogP contribution in [0.25, 0.3) is 32.9 Å². The highest BCUT2D eigenvalue weighted by Gasteiger charge is 2.45. The molecule has 4 heterocycles. The van der Waals surface area contributed by atoms with Crippen molar-refractivity contribution < 1.29 is 23.8 Å². The van der Waals surface area contributed by atoms with E-state index in [4.69, 9.17) is 14.5 Å². The number of hydrogen-bond acceptors (Lipinski definition) is 9. The molecule has 0 amide bonds. The van der Waals surface area contributed by atoms with Gasteiger partial charge in [0, 0.05) is 38.4 Å². The highest BCUT2D eigenvalue weighted by Crippen LogP contribution is 2.40. The summed E-state index contributed by atoms with van der Waals surface area (Å²) >= 11 is 0. The smallest absolute Gasteiger partial charge is 0.319 e. The summed E-state index contributed by atoms with van der Waals surface area (Å²) in [6, 6.07) is 10.7. The highest BCUT2D eigenvalue weighted by molar-refractivity contribution is 5.99. The first-order valence-corrected chi connectivity index (χ1v) is 14.2. The van der Waals surface area contributed by atoms with Crippen LogP contribution in [0.2, 0.25) is 0 Å². The molecular formula is C31H34FN5O4. The number of nitrogens with zero attached hydrogens (tertiary/aromatic N) is 5. The Balaban J connectivity index is 1.48. The molecular weight excluding hydrogens is 525 g/mol. The molecule has 1 N–H and O–H groups in total. The van der Waals surface area contributed by atoms with Crippen LogP contribution >= 0.6 is 0 Å². The molecule has 2 fully saturated rings. The van der Waals surface area contributed by atoms with Gasteiger partial charge in [-0.05, 0) is 61.7 Å². The van der Waals surface area contributed by atoms with Crippen molar-refractivity contribution in [1.82, 2.24) is 19.9 Å². The van der Waals surface area contributed by atoms with Gasteiger partial charge in [-0.1, -0.05) is 24.3 Å². The number of ether oxygens (including phenoxy) is 2. The number of benzene rings is 2. The molecule has 0 aliphatic carbocycles. The average molecular weight is 560 g/mol. The van der Waals surface area contributed by atoms with E-state index in [-0.39, 0.29) is 34.9 Å². The second-order valence-corrected chi connectivity index (χ2v) is 10.9. The van der Waals surface area contributed by atoms with Gasteiger partial charge in [0.2, 0.25) is 0 Å². The van der Waals surface area contributed by atoms with Crippen LogP contribution < -0.4 is 9.64 Å². The minimum atomic E-state index is -0.629. The first kappa shape index (κ1) is 27.3. The van der Waals surface area contributed by atoms with Crippen LogP contribution in [0.15, 0.2) is 42.6 Å². The van der Waals surface area contributed by atoms with E-state index in [0.717, 1.165) is 55.8 Å². The molecule has 2 aliphatic heterocycles. The van der Waals surface area contributed by atoms with E-state index in [2.05, 4.69) is 14.9 Å². The summed E-state index contributed by atoms with van der Waals surface area (Å²) in [6.45, 7) is 3.75. The Morgan fingerprint density at radius 1 is 1.12 bits per heavy atom. The van der Waals surface area contributed by atoms with Gasteiger partial charge in [0.1, 0.15) is 35.7 Å². The van der Waals surface area contributed by atoms with Gasteiger partial charge in [-0.15, -0.1) is 0 Å². The van der Waals surface area contributed by atoms with Crippen molar-refractivity contribution in [3.05, 3.63) is 48.4 Å². The predicted molar refractivity (Wildman–Crippen MR) is 155 cm³/mol. The van der Waals surface area contributed by atoms with Gasteiger partial charge in [0.25, 0.3) is 0 Å². The SMILES string of the molecule is COCCN(CCC=O)c1nc(OCC23CCCN2CCC3)nc2c(F)c(-c3cc(O)cc4ccccc34)ncc12. The van der Waals surface area contributed by atoms with E-state index in [9.17, 15) is 9.90 Å². The average Bonchev–Trinajstić information content (AvgIpc) is 3.57. The third kappa shape index (κ3) is 5.17. The second-order valence-electron chi connectivity index (χ2n) is 10.9. The van der Waals surface area contributed by atoms with Crippen molar-refractivity contribution in [3.63, 3.8) is 0 Å². The molecule has 0 unspecified atom stereocenters. The van der Waals surface area contributed by atoms with Gasteiger partial charge >= 0.3 is 6.01 Å². The number of methoxy groups -OCH3 is 1. The summed E-state index contributed by atoms with van der Waals surface area (Å²) in [7, 11) is 1.60. The fourth-order valence-corrected chi connectivity index (χ4v) is 6.40. The number of rotatable bonds is 11. The monoisotopic (exact) mass is 559 g/mol. The Morgan fingerprint density at radius 2 is 1.93 bits per heavy atom. The van der Waals surface area contributed by atoms with Crippen LogP contribution in [0.5, 0.6) is 11.8 Å². The van der Waals surface area contributed by atoms with Crippen molar-refractivity contribution in [2.45, 2.75) is 37.6 Å². The predicted octanol–water partition coefficient (Wildman–Crippen LogP) is 4.74. The first-order valence-electron chi connectivity index (χ1n) is 14.2. The lowest BCUT2D eigenvalue weighted by Crippen LogP contribution is -2.43. The van der Waals surface area contributed by atoms with Crippen LogP contribution in [0.3, 0.4) is 0 Å². The molecule has 6 rings (SSSR count). The summed E-state index contributed by atoms with van der Waals surface area (Å²) in [5.74, 6) is -0.172. The fourth-order valence-electron chi connectivity index (χ4n) is 6.40. The van der Waals surface area contributed by atoms with E-state index in [1.54, 1.807) is 19.4 Å². The van der Waals surface area contributed by atoms with E-state index >= 15 is 4.39 Å². The summed E-state index contributed by atoms with van der Waals surface area (Å²) in [6.07, 6.45) is 7.04. The van der Waals surface area contributed by atoms with Crippen LogP contribution in [-0.2, 0) is 9.53 Å². The lowest BCUT2D eigenvalue weighted by molar-refractivity contribution is -0.107. The quantitative estimate of drug-likeness (QED) is 0.261. The number of aromatic hydroxyl groups is 1. The van der Waals surface area contributed by atoms with Crippen molar-refractivity contribution in [1.29, 1.82) is 0 Å². The van der Waals surface area contributed by atoms with Gasteiger partial charge in [0.05, 0.1) is 17.5 Å². The number of phenols is 1. The number of carbonyl (C=O) groups is 1. The maximum Gasteiger partial charge on any atom is 0.319 e. The molecule has 2 aromatic carbocycles. The molecule has 2 saturated heterocycles. The Bertz CT molecular complexity index is 1570. The molecule has 2 aromatic heterocycles. The Hall–Kier alpha value is -3.89. The Labute approximate surface area is 237 Å². The number of phenolic OH excluding ortho intramolecular Hbond substituents is 1. The number of fused-ring (bicyclic) bond motifs is 3. The zero-order valence-electron chi connectivity index (χ0n) is 23.2. The van der Waals surface area contributed by atoms with E-state index in [1.807, 2.05) is 29.2 Å². The molecule has 0 spiro atoms. The number of carbonyl (C=O) groups excluding carboxylic acids is 1. The van der Waals surface area contributed by atoms with Gasteiger partial charge in [0.15, 0.2) is 5.82 Å². The molecule has 4 aromatic rings. The first-order chi connectivity index (χ1) is 20.0. The summed E-state index contributed by atoms with van der Waals surface area (Å²) < 4.78 is 28.1. The van der Waals surface area contributed by atoms with E-state index in [0.29, 0.717) is 43.1 Å². The highest BCUT2D eigenvalue weighted by atomic mass is 19.1. The normalized spacial score (nSPS) is 16.3. The maximum atomic E-state index is 16.5. The molecule has 2 aliphatic rings. The molecule has 41 heavy (non-hydrogen) atoms. The molecule has 9 nitrogen and oxygen atoms in total. The van der Waals surface area contributed by atoms with Crippen molar-refractivity contribution in [2.75, 3.05) is 51.4 Å². The van der Waals surface area contributed by atoms with Crippen LogP contribution in [0, 0.1) is 5.82 Å². The third-order valence-electron chi connectivity index (χ3n) is 8.41. The van der Waals surface area contributed by atoms with Crippen molar-refractivity contribution in [3.8, 4) is 23.0 Å². The maximum absolute atomic E-state index is 16.5. The van der Waals surface area contributed by atoms with Gasteiger partial charge < -0.3 is 24.3 Å². The van der Waals surface area contributed by atoms with E-state index < -0.39 is 5.82 Å². The number of halogens is 1. The minimum Gasteiger partial charge on any atom is -0.508 e.